The van der Waals surface area contributed by atoms with Crippen molar-refractivity contribution in [2.75, 3.05) is 5.73 Å². The second-order valence-corrected chi connectivity index (χ2v) is 5.52. The first-order valence-electron chi connectivity index (χ1n) is 6.28. The minimum Gasteiger partial charge on any atom is -0.399 e. The van der Waals surface area contributed by atoms with Crippen LogP contribution in [0.5, 0.6) is 0 Å². The number of anilines is 1. The summed E-state index contributed by atoms with van der Waals surface area (Å²) >= 11 is 12.1. The molecule has 0 aliphatic carbocycles. The molecule has 102 valence electrons. The van der Waals surface area contributed by atoms with Crippen molar-refractivity contribution in [1.82, 2.24) is 9.55 Å². The molecular weight excluding hydrogens is 293 g/mol. The quantitative estimate of drug-likeness (QED) is 0.738. The Morgan fingerprint density at radius 3 is 2.75 bits per heavy atom. The molecule has 0 saturated carbocycles. The van der Waals surface area contributed by atoms with E-state index in [1.165, 1.54) is 0 Å². The SMILES string of the molecule is Nc1ccc2c(c1)ncn2CCc1ccc(Cl)cc1Cl. The van der Waals surface area contributed by atoms with Gasteiger partial charge in [0.25, 0.3) is 0 Å². The summed E-state index contributed by atoms with van der Waals surface area (Å²) in [6, 6.07) is 11.3. The van der Waals surface area contributed by atoms with E-state index in [-0.39, 0.29) is 0 Å². The Labute approximate surface area is 126 Å². The third kappa shape index (κ3) is 2.60. The summed E-state index contributed by atoms with van der Waals surface area (Å²) in [5, 5.41) is 1.36. The van der Waals surface area contributed by atoms with Crippen molar-refractivity contribution in [2.45, 2.75) is 13.0 Å². The molecule has 3 aromatic rings. The third-order valence-corrected chi connectivity index (χ3v) is 3.87. The van der Waals surface area contributed by atoms with Gasteiger partial charge in [-0.1, -0.05) is 29.3 Å². The standard InChI is InChI=1S/C15H13Cl2N3/c16-11-2-1-10(13(17)7-11)5-6-20-9-19-14-8-12(18)3-4-15(14)20/h1-4,7-9H,5-6,18H2. The van der Waals surface area contributed by atoms with Gasteiger partial charge < -0.3 is 10.3 Å². The molecule has 1 aromatic heterocycles. The Hall–Kier alpha value is -1.71. The minimum atomic E-state index is 0.655. The van der Waals surface area contributed by atoms with Gasteiger partial charge >= 0.3 is 0 Å². The summed E-state index contributed by atoms with van der Waals surface area (Å²) in [5.41, 5.74) is 9.54. The van der Waals surface area contributed by atoms with Gasteiger partial charge in [-0.2, -0.15) is 0 Å². The lowest BCUT2D eigenvalue weighted by Gasteiger charge is -2.07. The first-order valence-corrected chi connectivity index (χ1v) is 7.03. The van der Waals surface area contributed by atoms with E-state index < -0.39 is 0 Å². The van der Waals surface area contributed by atoms with Crippen molar-refractivity contribution in [3.63, 3.8) is 0 Å². The summed E-state index contributed by atoms with van der Waals surface area (Å²) < 4.78 is 2.10. The Morgan fingerprint density at radius 1 is 1.10 bits per heavy atom. The summed E-state index contributed by atoms with van der Waals surface area (Å²) in [5.74, 6) is 0. The van der Waals surface area contributed by atoms with Gasteiger partial charge in [-0.25, -0.2) is 4.98 Å². The zero-order chi connectivity index (χ0) is 14.1. The number of nitrogen functional groups attached to an aromatic ring is 1. The number of hydrogen-bond acceptors (Lipinski definition) is 2. The number of imidazole rings is 1. The molecular formula is C15H13Cl2N3. The maximum absolute atomic E-state index is 6.18. The van der Waals surface area contributed by atoms with Gasteiger partial charge in [-0.15, -0.1) is 0 Å². The third-order valence-electron chi connectivity index (χ3n) is 3.28. The molecule has 5 heteroatoms. The van der Waals surface area contributed by atoms with Gasteiger partial charge in [-0.05, 0) is 42.3 Å². The lowest BCUT2D eigenvalue weighted by Crippen LogP contribution is -2.00. The molecule has 2 aromatic carbocycles. The van der Waals surface area contributed by atoms with Gasteiger partial charge in [0.2, 0.25) is 0 Å². The highest BCUT2D eigenvalue weighted by molar-refractivity contribution is 6.35. The average molecular weight is 306 g/mol. The number of benzene rings is 2. The van der Waals surface area contributed by atoms with E-state index in [1.807, 2.05) is 36.7 Å². The fourth-order valence-electron chi connectivity index (χ4n) is 2.22. The van der Waals surface area contributed by atoms with Gasteiger partial charge in [0.05, 0.1) is 17.4 Å². The van der Waals surface area contributed by atoms with Crippen LogP contribution in [-0.2, 0) is 13.0 Å². The zero-order valence-electron chi connectivity index (χ0n) is 10.7. The molecule has 1 heterocycles. The highest BCUT2D eigenvalue weighted by atomic mass is 35.5. The molecule has 0 fully saturated rings. The Balaban J connectivity index is 1.83. The predicted octanol–water partition coefficient (Wildman–Crippen LogP) is 4.17. The number of nitrogens with zero attached hydrogens (tertiary/aromatic N) is 2. The van der Waals surface area contributed by atoms with Gasteiger partial charge in [0.15, 0.2) is 0 Å². The molecule has 0 radical (unpaired) electrons. The molecule has 3 rings (SSSR count). The normalized spacial score (nSPS) is 11.1. The molecule has 0 unspecified atom stereocenters. The fraction of sp³-hybridized carbons (Fsp3) is 0.133. The molecule has 0 aliphatic rings. The Bertz CT molecular complexity index is 765. The molecule has 0 saturated heterocycles. The van der Waals surface area contributed by atoms with Crippen LogP contribution in [0, 0.1) is 0 Å². The maximum atomic E-state index is 6.18. The first kappa shape index (κ1) is 13.3. The van der Waals surface area contributed by atoms with Crippen molar-refractivity contribution in [3.05, 3.63) is 58.3 Å². The number of aromatic nitrogens is 2. The monoisotopic (exact) mass is 305 g/mol. The molecule has 0 atom stereocenters. The number of aryl methyl sites for hydroxylation is 2. The van der Waals surface area contributed by atoms with Crippen LogP contribution in [-0.4, -0.2) is 9.55 Å². The van der Waals surface area contributed by atoms with Crippen LogP contribution in [0.1, 0.15) is 5.56 Å². The molecule has 3 nitrogen and oxygen atoms in total. The largest absolute Gasteiger partial charge is 0.399 e. The highest BCUT2D eigenvalue weighted by Crippen LogP contribution is 2.22. The average Bonchev–Trinajstić information content (AvgIpc) is 2.80. The van der Waals surface area contributed by atoms with E-state index >= 15 is 0 Å². The lowest BCUT2D eigenvalue weighted by molar-refractivity contribution is 0.716. The molecule has 0 bridgehead atoms. The summed E-state index contributed by atoms with van der Waals surface area (Å²) in [6.45, 7) is 0.807. The van der Waals surface area contributed by atoms with Crippen molar-refractivity contribution < 1.29 is 0 Å². The number of halogens is 2. The van der Waals surface area contributed by atoms with E-state index in [0.717, 1.165) is 35.2 Å². The van der Waals surface area contributed by atoms with E-state index in [1.54, 1.807) is 6.07 Å². The number of nitrogens with two attached hydrogens (primary N) is 1. The molecule has 0 amide bonds. The van der Waals surface area contributed by atoms with E-state index in [2.05, 4.69) is 9.55 Å². The minimum absolute atomic E-state index is 0.655. The molecule has 0 spiro atoms. The van der Waals surface area contributed by atoms with Crippen LogP contribution < -0.4 is 5.73 Å². The van der Waals surface area contributed by atoms with Crippen molar-refractivity contribution >= 4 is 39.9 Å². The Morgan fingerprint density at radius 2 is 1.95 bits per heavy atom. The van der Waals surface area contributed by atoms with E-state index in [4.69, 9.17) is 28.9 Å². The van der Waals surface area contributed by atoms with Crippen LogP contribution in [0.2, 0.25) is 10.0 Å². The van der Waals surface area contributed by atoms with Gasteiger partial charge in [-0.3, -0.25) is 0 Å². The van der Waals surface area contributed by atoms with Crippen LogP contribution in [0.25, 0.3) is 11.0 Å². The molecule has 20 heavy (non-hydrogen) atoms. The highest BCUT2D eigenvalue weighted by Gasteiger charge is 2.05. The lowest BCUT2D eigenvalue weighted by atomic mass is 10.1. The second-order valence-electron chi connectivity index (χ2n) is 4.67. The van der Waals surface area contributed by atoms with Crippen molar-refractivity contribution in [1.29, 1.82) is 0 Å². The fourth-order valence-corrected chi connectivity index (χ4v) is 2.73. The van der Waals surface area contributed by atoms with E-state index in [0.29, 0.717) is 10.0 Å². The summed E-state index contributed by atoms with van der Waals surface area (Å²) in [6.07, 6.45) is 2.65. The number of rotatable bonds is 3. The van der Waals surface area contributed by atoms with Crippen LogP contribution in [0.3, 0.4) is 0 Å². The smallest absolute Gasteiger partial charge is 0.0958 e. The van der Waals surface area contributed by atoms with Gasteiger partial charge in [0.1, 0.15) is 0 Å². The molecule has 0 aliphatic heterocycles. The topological polar surface area (TPSA) is 43.8 Å². The second kappa shape index (κ2) is 5.35. The van der Waals surface area contributed by atoms with E-state index in [9.17, 15) is 0 Å². The first-order chi connectivity index (χ1) is 9.63. The maximum Gasteiger partial charge on any atom is 0.0958 e. The van der Waals surface area contributed by atoms with Crippen molar-refractivity contribution in [2.24, 2.45) is 0 Å². The number of hydrogen-bond donors (Lipinski definition) is 1. The predicted molar refractivity (Wildman–Crippen MR) is 84.3 cm³/mol. The van der Waals surface area contributed by atoms with Crippen LogP contribution in [0.4, 0.5) is 5.69 Å². The van der Waals surface area contributed by atoms with Gasteiger partial charge in [0, 0.05) is 22.3 Å². The summed E-state index contributed by atoms with van der Waals surface area (Å²) in [7, 11) is 0. The summed E-state index contributed by atoms with van der Waals surface area (Å²) in [4.78, 5) is 4.36. The van der Waals surface area contributed by atoms with Crippen LogP contribution in [0.15, 0.2) is 42.7 Å². The zero-order valence-corrected chi connectivity index (χ0v) is 12.2. The number of fused-ring (bicyclic) bond motifs is 1. The molecule has 2 N–H and O–H groups in total. The van der Waals surface area contributed by atoms with Crippen molar-refractivity contribution in [3.8, 4) is 0 Å². The van der Waals surface area contributed by atoms with Crippen LogP contribution >= 0.6 is 23.2 Å². The Kier molecular flexibility index (Phi) is 3.55.